The molecule has 136 valence electrons. The average molecular weight is 353 g/mol. The third kappa shape index (κ3) is 4.37. The van der Waals surface area contributed by atoms with Gasteiger partial charge in [0.05, 0.1) is 0 Å². The second-order valence-electron chi connectivity index (χ2n) is 6.24. The van der Waals surface area contributed by atoms with Gasteiger partial charge in [0, 0.05) is 55.9 Å². The Balaban J connectivity index is 1.66. The van der Waals surface area contributed by atoms with E-state index in [1.54, 1.807) is 29.6 Å². The number of aromatic nitrogens is 2. The van der Waals surface area contributed by atoms with E-state index in [1.807, 2.05) is 31.3 Å². The normalized spacial score (nSPS) is 17.0. The van der Waals surface area contributed by atoms with Gasteiger partial charge < -0.3 is 20.5 Å². The van der Waals surface area contributed by atoms with Crippen molar-refractivity contribution in [2.75, 3.05) is 32.0 Å². The zero-order chi connectivity index (χ0) is 18.4. The molecule has 7 nitrogen and oxygen atoms in total. The number of rotatable bonds is 6. The standard InChI is InChI=1S/C19H23N5O2/c1-20-7-2-3-18(25)24-10-6-16(13-24)23-17-11-15(12-22-19(17)26)14-4-8-21-9-5-14/h2-5,8-9,11-12,16,20,23H,6-7,10,13H2,1H3,(H,22,26)/b3-2+/t16-/m0/s1. The van der Waals surface area contributed by atoms with E-state index in [0.29, 0.717) is 25.3 Å². The molecule has 0 spiro atoms. The van der Waals surface area contributed by atoms with Crippen LogP contribution >= 0.6 is 0 Å². The fraction of sp³-hybridized carbons (Fsp3) is 0.316. The highest BCUT2D eigenvalue weighted by Crippen LogP contribution is 2.20. The van der Waals surface area contributed by atoms with Crippen LogP contribution in [0, 0.1) is 0 Å². The monoisotopic (exact) mass is 353 g/mol. The second kappa shape index (κ2) is 8.44. The Morgan fingerprint density at radius 3 is 2.96 bits per heavy atom. The molecule has 3 rings (SSSR count). The molecule has 0 bridgehead atoms. The lowest BCUT2D eigenvalue weighted by molar-refractivity contribution is -0.125. The molecular weight excluding hydrogens is 330 g/mol. The van der Waals surface area contributed by atoms with Gasteiger partial charge in [-0.2, -0.15) is 0 Å². The number of likely N-dealkylation sites (tertiary alicyclic amines) is 1. The van der Waals surface area contributed by atoms with Crippen LogP contribution in [0.2, 0.25) is 0 Å². The third-order valence-corrected chi connectivity index (χ3v) is 4.36. The van der Waals surface area contributed by atoms with E-state index in [-0.39, 0.29) is 17.5 Å². The van der Waals surface area contributed by atoms with Crippen molar-refractivity contribution >= 4 is 11.6 Å². The molecule has 1 fully saturated rings. The van der Waals surface area contributed by atoms with Gasteiger partial charge in [0.15, 0.2) is 0 Å². The first kappa shape index (κ1) is 17.9. The number of nitrogens with zero attached hydrogens (tertiary/aromatic N) is 2. The number of hydrogen-bond donors (Lipinski definition) is 3. The Labute approximate surface area is 152 Å². The van der Waals surface area contributed by atoms with Crippen LogP contribution in [-0.4, -0.2) is 53.5 Å². The Kier molecular flexibility index (Phi) is 5.80. The number of H-pyrrole nitrogens is 1. The molecule has 1 aliphatic rings. The van der Waals surface area contributed by atoms with Crippen molar-refractivity contribution in [3.8, 4) is 11.1 Å². The van der Waals surface area contributed by atoms with Gasteiger partial charge in [0.2, 0.25) is 5.91 Å². The molecule has 1 saturated heterocycles. The zero-order valence-electron chi connectivity index (χ0n) is 14.7. The van der Waals surface area contributed by atoms with Crippen LogP contribution in [-0.2, 0) is 4.79 Å². The molecule has 7 heteroatoms. The summed E-state index contributed by atoms with van der Waals surface area (Å²) in [4.78, 5) is 32.9. The van der Waals surface area contributed by atoms with Crippen LogP contribution in [0.1, 0.15) is 6.42 Å². The summed E-state index contributed by atoms with van der Waals surface area (Å²) < 4.78 is 0. The SMILES string of the molecule is CNC/C=C/C(=O)N1CC[C@H](Nc2cc(-c3ccncc3)c[nH]c2=O)C1. The number of hydrogen-bond acceptors (Lipinski definition) is 5. The van der Waals surface area contributed by atoms with Gasteiger partial charge in [0.1, 0.15) is 5.69 Å². The summed E-state index contributed by atoms with van der Waals surface area (Å²) in [5.74, 6) is 0.00370. The van der Waals surface area contributed by atoms with Crippen LogP contribution in [0.4, 0.5) is 5.69 Å². The summed E-state index contributed by atoms with van der Waals surface area (Å²) in [7, 11) is 1.84. The molecule has 1 aliphatic heterocycles. The molecule has 3 heterocycles. The van der Waals surface area contributed by atoms with Crippen molar-refractivity contribution in [1.29, 1.82) is 0 Å². The molecule has 1 atom stereocenters. The number of carbonyl (C=O) groups is 1. The minimum Gasteiger partial charge on any atom is -0.376 e. The van der Waals surface area contributed by atoms with Crippen molar-refractivity contribution in [2.45, 2.75) is 12.5 Å². The van der Waals surface area contributed by atoms with Crippen molar-refractivity contribution in [3.05, 3.63) is 59.3 Å². The number of anilines is 1. The smallest absolute Gasteiger partial charge is 0.271 e. The molecule has 0 saturated carbocycles. The van der Waals surface area contributed by atoms with Gasteiger partial charge in [0.25, 0.3) is 5.56 Å². The maximum Gasteiger partial charge on any atom is 0.271 e. The highest BCUT2D eigenvalue weighted by atomic mass is 16.2. The quantitative estimate of drug-likeness (QED) is 0.680. The predicted molar refractivity (Wildman–Crippen MR) is 102 cm³/mol. The lowest BCUT2D eigenvalue weighted by Gasteiger charge is -2.16. The zero-order valence-corrected chi connectivity index (χ0v) is 14.7. The maximum absolute atomic E-state index is 12.2. The molecule has 0 aromatic carbocycles. The topological polar surface area (TPSA) is 90.1 Å². The predicted octanol–water partition coefficient (Wildman–Crippen LogP) is 1.23. The van der Waals surface area contributed by atoms with Crippen LogP contribution in [0.5, 0.6) is 0 Å². The van der Waals surface area contributed by atoms with E-state index >= 15 is 0 Å². The molecule has 3 N–H and O–H groups in total. The molecule has 2 aromatic rings. The lowest BCUT2D eigenvalue weighted by Crippen LogP contribution is -2.31. The van der Waals surface area contributed by atoms with Gasteiger partial charge in [-0.3, -0.25) is 14.6 Å². The van der Waals surface area contributed by atoms with Crippen molar-refractivity contribution in [3.63, 3.8) is 0 Å². The molecular formula is C19H23N5O2. The summed E-state index contributed by atoms with van der Waals surface area (Å²) in [6.07, 6.45) is 9.34. The van der Waals surface area contributed by atoms with E-state index in [0.717, 1.165) is 17.5 Å². The highest BCUT2D eigenvalue weighted by molar-refractivity contribution is 5.87. The first-order valence-electron chi connectivity index (χ1n) is 8.67. The van der Waals surface area contributed by atoms with E-state index in [1.165, 1.54) is 0 Å². The third-order valence-electron chi connectivity index (χ3n) is 4.36. The molecule has 2 aromatic heterocycles. The number of carbonyl (C=O) groups excluding carboxylic acids is 1. The number of amides is 1. The fourth-order valence-electron chi connectivity index (χ4n) is 2.98. The van der Waals surface area contributed by atoms with Crippen LogP contribution in [0.25, 0.3) is 11.1 Å². The summed E-state index contributed by atoms with van der Waals surface area (Å²) in [5, 5.41) is 6.25. The highest BCUT2D eigenvalue weighted by Gasteiger charge is 2.25. The van der Waals surface area contributed by atoms with E-state index in [4.69, 9.17) is 0 Å². The first-order valence-corrected chi connectivity index (χ1v) is 8.67. The second-order valence-corrected chi connectivity index (χ2v) is 6.24. The summed E-state index contributed by atoms with van der Waals surface area (Å²) >= 11 is 0. The summed E-state index contributed by atoms with van der Waals surface area (Å²) in [6.45, 7) is 1.93. The Bertz CT molecular complexity index is 831. The van der Waals surface area contributed by atoms with Crippen LogP contribution < -0.4 is 16.2 Å². The van der Waals surface area contributed by atoms with Gasteiger partial charge in [-0.1, -0.05) is 6.08 Å². The number of nitrogens with one attached hydrogen (secondary N) is 3. The Hall–Kier alpha value is -2.93. The molecule has 0 aliphatic carbocycles. The first-order chi connectivity index (χ1) is 12.7. The summed E-state index contributed by atoms with van der Waals surface area (Å²) in [5.41, 5.74) is 2.25. The lowest BCUT2D eigenvalue weighted by atomic mass is 10.1. The van der Waals surface area contributed by atoms with Crippen molar-refractivity contribution in [2.24, 2.45) is 0 Å². The Morgan fingerprint density at radius 1 is 1.38 bits per heavy atom. The van der Waals surface area contributed by atoms with E-state index < -0.39 is 0 Å². The molecule has 1 amide bonds. The van der Waals surface area contributed by atoms with Crippen molar-refractivity contribution < 1.29 is 4.79 Å². The average Bonchev–Trinajstić information content (AvgIpc) is 3.13. The van der Waals surface area contributed by atoms with Gasteiger partial charge >= 0.3 is 0 Å². The molecule has 26 heavy (non-hydrogen) atoms. The summed E-state index contributed by atoms with van der Waals surface area (Å²) in [6, 6.07) is 5.69. The minimum absolute atomic E-state index is 0.00370. The largest absolute Gasteiger partial charge is 0.376 e. The van der Waals surface area contributed by atoms with Crippen LogP contribution in [0.15, 0.2) is 53.7 Å². The van der Waals surface area contributed by atoms with Crippen molar-refractivity contribution in [1.82, 2.24) is 20.2 Å². The number of aromatic amines is 1. The Morgan fingerprint density at radius 2 is 2.19 bits per heavy atom. The number of pyridine rings is 2. The fourth-order valence-corrected chi connectivity index (χ4v) is 2.98. The van der Waals surface area contributed by atoms with Crippen LogP contribution in [0.3, 0.4) is 0 Å². The maximum atomic E-state index is 12.2. The molecule has 0 unspecified atom stereocenters. The van der Waals surface area contributed by atoms with Gasteiger partial charge in [-0.25, -0.2) is 0 Å². The van der Waals surface area contributed by atoms with Gasteiger partial charge in [-0.05, 0) is 37.2 Å². The van der Waals surface area contributed by atoms with Gasteiger partial charge in [-0.15, -0.1) is 0 Å². The number of likely N-dealkylation sites (N-methyl/N-ethyl adjacent to an activating group) is 1. The van der Waals surface area contributed by atoms with E-state index in [2.05, 4.69) is 20.6 Å². The molecule has 0 radical (unpaired) electrons. The van der Waals surface area contributed by atoms with E-state index in [9.17, 15) is 9.59 Å². The minimum atomic E-state index is -0.165.